The topological polar surface area (TPSA) is 55.1 Å². The third-order valence-corrected chi connectivity index (χ3v) is 4.72. The fourth-order valence-corrected chi connectivity index (χ4v) is 3.34. The highest BCUT2D eigenvalue weighted by Crippen LogP contribution is 2.26. The molecule has 2 aromatic rings. The number of aromatic nitrogens is 1. The molecule has 0 spiro atoms. The zero-order chi connectivity index (χ0) is 15.0. The van der Waals surface area contributed by atoms with Gasteiger partial charge in [-0.25, -0.2) is 4.98 Å². The molecule has 0 fully saturated rings. The molecule has 0 aliphatic heterocycles. The molecular weight excluding hydrogens is 272 g/mol. The van der Waals surface area contributed by atoms with Crippen molar-refractivity contribution in [2.24, 2.45) is 0 Å². The molecule has 2 aromatic heterocycles. The molecule has 1 N–H and O–H groups in total. The van der Waals surface area contributed by atoms with Gasteiger partial charge in [-0.2, -0.15) is 0 Å². The van der Waals surface area contributed by atoms with Crippen LogP contribution in [0.15, 0.2) is 4.42 Å². The minimum atomic E-state index is -0.0881. The Morgan fingerprint density at radius 3 is 2.30 bits per heavy atom. The van der Waals surface area contributed by atoms with Crippen LogP contribution in [0.2, 0.25) is 0 Å². The molecule has 2 rings (SSSR count). The summed E-state index contributed by atoms with van der Waals surface area (Å²) in [7, 11) is 0. The first-order chi connectivity index (χ1) is 9.31. The number of nitrogens with one attached hydrogen (secondary N) is 1. The van der Waals surface area contributed by atoms with Crippen molar-refractivity contribution in [3.63, 3.8) is 0 Å². The van der Waals surface area contributed by atoms with Crippen molar-refractivity contribution in [2.45, 2.75) is 47.6 Å². The molecule has 0 bridgehead atoms. The van der Waals surface area contributed by atoms with Gasteiger partial charge in [0.2, 0.25) is 0 Å². The quantitative estimate of drug-likeness (QED) is 0.937. The molecule has 0 aromatic carbocycles. The summed E-state index contributed by atoms with van der Waals surface area (Å²) in [6, 6.07) is -0.0530. The van der Waals surface area contributed by atoms with Crippen LogP contribution in [0, 0.1) is 34.6 Å². The number of carbonyl (C=O) groups is 1. The van der Waals surface area contributed by atoms with Crippen LogP contribution >= 0.6 is 11.3 Å². The summed E-state index contributed by atoms with van der Waals surface area (Å²) in [6.07, 6.45) is 0. The van der Waals surface area contributed by atoms with Crippen molar-refractivity contribution >= 4 is 17.2 Å². The standard InChI is InChI=1S/C15H20N2O2S/c1-7-10(4)19-11(5)13(7)15(18)17-9(3)14-8(2)16-12(6)20-14/h9H,1-6H3,(H,17,18)/t9-/m1/s1. The van der Waals surface area contributed by atoms with Crippen LogP contribution in [0.3, 0.4) is 0 Å². The predicted molar refractivity (Wildman–Crippen MR) is 80.4 cm³/mol. The number of rotatable bonds is 3. The van der Waals surface area contributed by atoms with Gasteiger partial charge in [-0.15, -0.1) is 11.3 Å². The van der Waals surface area contributed by atoms with E-state index in [0.717, 1.165) is 26.9 Å². The Kier molecular flexibility index (Phi) is 3.99. The Morgan fingerprint density at radius 2 is 1.85 bits per heavy atom. The molecule has 2 heterocycles. The van der Waals surface area contributed by atoms with Gasteiger partial charge in [0.15, 0.2) is 0 Å². The largest absolute Gasteiger partial charge is 0.466 e. The molecule has 1 amide bonds. The van der Waals surface area contributed by atoms with Crippen molar-refractivity contribution in [1.82, 2.24) is 10.3 Å². The van der Waals surface area contributed by atoms with Crippen molar-refractivity contribution in [1.29, 1.82) is 0 Å². The zero-order valence-electron chi connectivity index (χ0n) is 12.7. The van der Waals surface area contributed by atoms with Crippen molar-refractivity contribution < 1.29 is 9.21 Å². The second-order valence-corrected chi connectivity index (χ2v) is 6.33. The highest BCUT2D eigenvalue weighted by Gasteiger charge is 2.22. The maximum Gasteiger partial charge on any atom is 0.255 e. The summed E-state index contributed by atoms with van der Waals surface area (Å²) in [5.74, 6) is 1.38. The summed E-state index contributed by atoms with van der Waals surface area (Å²) in [5, 5.41) is 4.05. The SMILES string of the molecule is Cc1nc(C)c([C@@H](C)NC(=O)c2c(C)oc(C)c2C)s1. The van der Waals surface area contributed by atoms with Crippen molar-refractivity contribution in [3.8, 4) is 0 Å². The lowest BCUT2D eigenvalue weighted by Gasteiger charge is -2.13. The van der Waals surface area contributed by atoms with Crippen LogP contribution in [0.25, 0.3) is 0 Å². The van der Waals surface area contributed by atoms with E-state index in [0.29, 0.717) is 11.3 Å². The molecule has 108 valence electrons. The summed E-state index contributed by atoms with van der Waals surface area (Å²) >= 11 is 1.62. The minimum Gasteiger partial charge on any atom is -0.466 e. The van der Waals surface area contributed by atoms with Gasteiger partial charge in [-0.3, -0.25) is 4.79 Å². The molecule has 0 aliphatic rings. The lowest BCUT2D eigenvalue weighted by Crippen LogP contribution is -2.27. The molecule has 0 radical (unpaired) electrons. The van der Waals surface area contributed by atoms with E-state index in [1.54, 1.807) is 11.3 Å². The first-order valence-corrected chi connectivity index (χ1v) is 7.44. The molecule has 0 aliphatic carbocycles. The van der Waals surface area contributed by atoms with Gasteiger partial charge in [-0.05, 0) is 41.5 Å². The normalized spacial score (nSPS) is 12.5. The molecule has 0 saturated heterocycles. The van der Waals surface area contributed by atoms with Gasteiger partial charge < -0.3 is 9.73 Å². The van der Waals surface area contributed by atoms with Crippen LogP contribution in [0.4, 0.5) is 0 Å². The lowest BCUT2D eigenvalue weighted by atomic mass is 10.1. The molecule has 0 saturated carbocycles. The monoisotopic (exact) mass is 292 g/mol. The highest BCUT2D eigenvalue weighted by molar-refractivity contribution is 7.11. The fraction of sp³-hybridized carbons (Fsp3) is 0.467. The van der Waals surface area contributed by atoms with E-state index in [-0.39, 0.29) is 11.9 Å². The number of aryl methyl sites for hydroxylation is 4. The van der Waals surface area contributed by atoms with E-state index in [4.69, 9.17) is 4.42 Å². The van der Waals surface area contributed by atoms with Crippen LogP contribution in [-0.4, -0.2) is 10.9 Å². The number of carbonyl (C=O) groups excluding carboxylic acids is 1. The predicted octanol–water partition coefficient (Wildman–Crippen LogP) is 3.77. The van der Waals surface area contributed by atoms with E-state index in [2.05, 4.69) is 10.3 Å². The summed E-state index contributed by atoms with van der Waals surface area (Å²) in [5.41, 5.74) is 2.54. The molecule has 4 nitrogen and oxygen atoms in total. The third-order valence-electron chi connectivity index (χ3n) is 3.47. The summed E-state index contributed by atoms with van der Waals surface area (Å²) < 4.78 is 5.51. The van der Waals surface area contributed by atoms with E-state index < -0.39 is 0 Å². The summed E-state index contributed by atoms with van der Waals surface area (Å²) in [4.78, 5) is 17.9. The molecule has 1 atom stereocenters. The van der Waals surface area contributed by atoms with Crippen LogP contribution in [-0.2, 0) is 0 Å². The second kappa shape index (κ2) is 5.40. The number of thiazole rings is 1. The Hall–Kier alpha value is -1.62. The zero-order valence-corrected chi connectivity index (χ0v) is 13.6. The Bertz CT molecular complexity index is 655. The van der Waals surface area contributed by atoms with Crippen LogP contribution in [0.1, 0.15) is 56.0 Å². The van der Waals surface area contributed by atoms with E-state index in [1.807, 2.05) is 41.5 Å². The van der Waals surface area contributed by atoms with Gasteiger partial charge in [0, 0.05) is 10.4 Å². The number of furan rings is 1. The first-order valence-electron chi connectivity index (χ1n) is 6.62. The maximum atomic E-state index is 12.4. The van der Waals surface area contributed by atoms with Gasteiger partial charge in [0.25, 0.3) is 5.91 Å². The van der Waals surface area contributed by atoms with E-state index in [9.17, 15) is 4.79 Å². The van der Waals surface area contributed by atoms with Gasteiger partial charge >= 0.3 is 0 Å². The van der Waals surface area contributed by atoms with Gasteiger partial charge in [-0.1, -0.05) is 0 Å². The van der Waals surface area contributed by atoms with Crippen molar-refractivity contribution in [2.75, 3.05) is 0 Å². The molecule has 0 unspecified atom stereocenters. The lowest BCUT2D eigenvalue weighted by molar-refractivity contribution is 0.0938. The number of nitrogens with zero attached hydrogens (tertiary/aromatic N) is 1. The average Bonchev–Trinajstić information content (AvgIpc) is 2.79. The van der Waals surface area contributed by atoms with E-state index in [1.165, 1.54) is 0 Å². The molecule has 5 heteroatoms. The third kappa shape index (κ3) is 2.63. The van der Waals surface area contributed by atoms with Crippen LogP contribution in [0.5, 0.6) is 0 Å². The van der Waals surface area contributed by atoms with Crippen molar-refractivity contribution in [3.05, 3.63) is 38.2 Å². The molecule has 20 heavy (non-hydrogen) atoms. The summed E-state index contributed by atoms with van der Waals surface area (Å²) in [6.45, 7) is 11.5. The Morgan fingerprint density at radius 1 is 1.20 bits per heavy atom. The number of amides is 1. The maximum absolute atomic E-state index is 12.4. The van der Waals surface area contributed by atoms with Gasteiger partial charge in [0.05, 0.1) is 22.3 Å². The van der Waals surface area contributed by atoms with Gasteiger partial charge in [0.1, 0.15) is 11.5 Å². The second-order valence-electron chi connectivity index (χ2n) is 5.09. The smallest absolute Gasteiger partial charge is 0.255 e. The Balaban J connectivity index is 2.21. The molecular formula is C15H20N2O2S. The van der Waals surface area contributed by atoms with E-state index >= 15 is 0 Å². The number of hydrogen-bond donors (Lipinski definition) is 1. The minimum absolute atomic E-state index is 0.0530. The van der Waals surface area contributed by atoms with Crippen LogP contribution < -0.4 is 5.32 Å². The Labute approximate surface area is 123 Å². The average molecular weight is 292 g/mol. The fourth-order valence-electron chi connectivity index (χ4n) is 2.41. The number of hydrogen-bond acceptors (Lipinski definition) is 4. The first kappa shape index (κ1) is 14.8. The highest BCUT2D eigenvalue weighted by atomic mass is 32.1.